The summed E-state index contributed by atoms with van der Waals surface area (Å²) in [5, 5.41) is 11.2. The molecule has 1 aromatic rings. The Morgan fingerprint density at radius 2 is 1.95 bits per heavy atom. The van der Waals surface area contributed by atoms with Gasteiger partial charge in [-0.15, -0.1) is 0 Å². The van der Waals surface area contributed by atoms with E-state index in [2.05, 4.69) is 17.2 Å². The fourth-order valence-electron chi connectivity index (χ4n) is 1.33. The second-order valence-electron chi connectivity index (χ2n) is 3.82. The Labute approximate surface area is 111 Å². The van der Waals surface area contributed by atoms with E-state index < -0.39 is 5.91 Å². The number of carbonyl (C=O) groups is 2. The SMILES string of the molecule is NC(=O)CCNC(=O)c1ccc(C#CCCO)cc1. The Morgan fingerprint density at radius 3 is 2.53 bits per heavy atom. The fraction of sp³-hybridized carbons (Fsp3) is 0.286. The number of nitrogens with two attached hydrogens (primary N) is 1. The molecule has 100 valence electrons. The summed E-state index contributed by atoms with van der Waals surface area (Å²) in [6.07, 6.45) is 0.547. The summed E-state index contributed by atoms with van der Waals surface area (Å²) in [5.74, 6) is 4.96. The van der Waals surface area contributed by atoms with E-state index in [-0.39, 0.29) is 25.5 Å². The number of benzene rings is 1. The normalized spacial score (nSPS) is 9.32. The molecule has 5 heteroatoms. The van der Waals surface area contributed by atoms with Crippen LogP contribution in [0.5, 0.6) is 0 Å². The van der Waals surface area contributed by atoms with E-state index in [1.165, 1.54) is 0 Å². The van der Waals surface area contributed by atoms with Gasteiger partial charge >= 0.3 is 0 Å². The van der Waals surface area contributed by atoms with Crippen molar-refractivity contribution in [1.29, 1.82) is 0 Å². The van der Waals surface area contributed by atoms with E-state index in [9.17, 15) is 9.59 Å². The maximum Gasteiger partial charge on any atom is 0.251 e. The average molecular weight is 260 g/mol. The molecule has 5 nitrogen and oxygen atoms in total. The van der Waals surface area contributed by atoms with Crippen LogP contribution in [0, 0.1) is 11.8 Å². The Morgan fingerprint density at radius 1 is 1.26 bits per heavy atom. The minimum atomic E-state index is -0.449. The highest BCUT2D eigenvalue weighted by atomic mass is 16.2. The third-order valence-corrected chi connectivity index (χ3v) is 2.27. The topological polar surface area (TPSA) is 92.4 Å². The summed E-state index contributed by atoms with van der Waals surface area (Å²) in [6, 6.07) is 6.77. The van der Waals surface area contributed by atoms with Gasteiger partial charge in [0.15, 0.2) is 0 Å². The lowest BCUT2D eigenvalue weighted by Gasteiger charge is -2.03. The van der Waals surface area contributed by atoms with Crippen LogP contribution in [0.25, 0.3) is 0 Å². The summed E-state index contributed by atoms with van der Waals surface area (Å²) in [5.41, 5.74) is 6.25. The average Bonchev–Trinajstić information content (AvgIpc) is 2.39. The number of nitrogens with one attached hydrogen (secondary N) is 1. The van der Waals surface area contributed by atoms with Crippen LogP contribution in [0.4, 0.5) is 0 Å². The zero-order valence-corrected chi connectivity index (χ0v) is 10.5. The Balaban J connectivity index is 2.54. The van der Waals surface area contributed by atoms with Gasteiger partial charge in [0.25, 0.3) is 5.91 Å². The highest BCUT2D eigenvalue weighted by molar-refractivity contribution is 5.94. The molecule has 0 atom stereocenters. The van der Waals surface area contributed by atoms with Crippen molar-refractivity contribution in [1.82, 2.24) is 5.32 Å². The first-order valence-electron chi connectivity index (χ1n) is 5.90. The maximum absolute atomic E-state index is 11.7. The largest absolute Gasteiger partial charge is 0.395 e. The summed E-state index contributed by atoms with van der Waals surface area (Å²) < 4.78 is 0. The van der Waals surface area contributed by atoms with Crippen molar-refractivity contribution < 1.29 is 14.7 Å². The first-order valence-corrected chi connectivity index (χ1v) is 5.90. The second kappa shape index (κ2) is 7.90. The predicted octanol–water partition coefficient (Wildman–Crippen LogP) is 0.0257. The molecule has 0 fully saturated rings. The molecule has 0 saturated heterocycles. The molecule has 0 aliphatic heterocycles. The van der Waals surface area contributed by atoms with Crippen LogP contribution in [-0.4, -0.2) is 30.1 Å². The van der Waals surface area contributed by atoms with Crippen LogP contribution in [0.1, 0.15) is 28.8 Å². The Bertz CT molecular complexity index is 498. The molecule has 19 heavy (non-hydrogen) atoms. The van der Waals surface area contributed by atoms with E-state index in [0.29, 0.717) is 12.0 Å². The standard InChI is InChI=1S/C14H16N2O3/c15-13(18)8-9-16-14(19)12-6-4-11(5-7-12)3-1-2-10-17/h4-7,17H,2,8-10H2,(H2,15,18)(H,16,19). The molecule has 2 amide bonds. The van der Waals surface area contributed by atoms with Crippen LogP contribution in [0.3, 0.4) is 0 Å². The smallest absolute Gasteiger partial charge is 0.251 e. The molecular formula is C14H16N2O3. The second-order valence-corrected chi connectivity index (χ2v) is 3.82. The number of aliphatic hydroxyl groups excluding tert-OH is 1. The number of hydrogen-bond donors (Lipinski definition) is 3. The molecule has 0 radical (unpaired) electrons. The number of rotatable bonds is 5. The molecule has 1 rings (SSSR count). The lowest BCUT2D eigenvalue weighted by molar-refractivity contribution is -0.117. The van der Waals surface area contributed by atoms with E-state index in [4.69, 9.17) is 10.8 Å². The minimum Gasteiger partial charge on any atom is -0.395 e. The van der Waals surface area contributed by atoms with Gasteiger partial charge in [-0.25, -0.2) is 0 Å². The van der Waals surface area contributed by atoms with Gasteiger partial charge in [-0.3, -0.25) is 9.59 Å². The molecule has 1 aromatic carbocycles. The van der Waals surface area contributed by atoms with Crippen molar-refractivity contribution in [3.05, 3.63) is 35.4 Å². The first-order chi connectivity index (χ1) is 9.13. The Hall–Kier alpha value is -2.32. The summed E-state index contributed by atoms with van der Waals surface area (Å²) in [4.78, 5) is 22.2. The highest BCUT2D eigenvalue weighted by Gasteiger charge is 2.04. The third-order valence-electron chi connectivity index (χ3n) is 2.27. The van der Waals surface area contributed by atoms with Gasteiger partial charge in [0.1, 0.15) is 0 Å². The lowest BCUT2D eigenvalue weighted by Crippen LogP contribution is -2.27. The fourth-order valence-corrected chi connectivity index (χ4v) is 1.33. The van der Waals surface area contributed by atoms with Gasteiger partial charge in [0, 0.05) is 30.5 Å². The van der Waals surface area contributed by atoms with Crippen LogP contribution in [0.15, 0.2) is 24.3 Å². The van der Waals surface area contributed by atoms with Crippen molar-refractivity contribution in [2.24, 2.45) is 5.73 Å². The monoisotopic (exact) mass is 260 g/mol. The van der Waals surface area contributed by atoms with Gasteiger partial charge < -0.3 is 16.2 Å². The molecule has 0 saturated carbocycles. The van der Waals surface area contributed by atoms with Crippen LogP contribution >= 0.6 is 0 Å². The summed E-state index contributed by atoms with van der Waals surface area (Å²) in [6.45, 7) is 0.263. The molecular weight excluding hydrogens is 244 g/mol. The molecule has 0 aliphatic carbocycles. The minimum absolute atomic E-state index is 0.0351. The Kier molecular flexibility index (Phi) is 6.13. The van der Waals surface area contributed by atoms with Gasteiger partial charge in [-0.2, -0.15) is 0 Å². The molecule has 0 heterocycles. The van der Waals surface area contributed by atoms with Gasteiger partial charge in [0.2, 0.25) is 5.91 Å². The number of amides is 2. The van der Waals surface area contributed by atoms with Crippen molar-refractivity contribution in [2.75, 3.05) is 13.2 Å². The van der Waals surface area contributed by atoms with E-state index >= 15 is 0 Å². The zero-order valence-electron chi connectivity index (χ0n) is 10.5. The van der Waals surface area contributed by atoms with Crippen LogP contribution in [-0.2, 0) is 4.79 Å². The zero-order chi connectivity index (χ0) is 14.1. The van der Waals surface area contributed by atoms with E-state index in [0.717, 1.165) is 5.56 Å². The molecule has 0 aliphatic rings. The van der Waals surface area contributed by atoms with Crippen molar-refractivity contribution in [3.8, 4) is 11.8 Å². The van der Waals surface area contributed by atoms with E-state index in [1.807, 2.05) is 0 Å². The molecule has 0 aromatic heterocycles. The van der Waals surface area contributed by atoms with Gasteiger partial charge in [0.05, 0.1) is 6.61 Å². The van der Waals surface area contributed by atoms with E-state index in [1.54, 1.807) is 24.3 Å². The number of aliphatic hydroxyl groups is 1. The predicted molar refractivity (Wildman–Crippen MR) is 71.2 cm³/mol. The van der Waals surface area contributed by atoms with Gasteiger partial charge in [-0.1, -0.05) is 11.8 Å². The van der Waals surface area contributed by atoms with Crippen molar-refractivity contribution >= 4 is 11.8 Å². The maximum atomic E-state index is 11.7. The summed E-state index contributed by atoms with van der Waals surface area (Å²) in [7, 11) is 0. The molecule has 0 bridgehead atoms. The number of hydrogen-bond acceptors (Lipinski definition) is 3. The highest BCUT2D eigenvalue weighted by Crippen LogP contribution is 2.03. The molecule has 0 unspecified atom stereocenters. The molecule has 0 spiro atoms. The van der Waals surface area contributed by atoms with Crippen LogP contribution in [0.2, 0.25) is 0 Å². The summed E-state index contributed by atoms with van der Waals surface area (Å²) >= 11 is 0. The third kappa shape index (κ3) is 5.70. The molecule has 4 N–H and O–H groups in total. The van der Waals surface area contributed by atoms with Crippen LogP contribution < -0.4 is 11.1 Å². The quantitative estimate of drug-likeness (QED) is 0.652. The first kappa shape index (κ1) is 14.7. The number of primary amides is 1. The number of carbonyl (C=O) groups excluding carboxylic acids is 2. The van der Waals surface area contributed by atoms with Gasteiger partial charge in [-0.05, 0) is 24.3 Å². The van der Waals surface area contributed by atoms with Crippen molar-refractivity contribution in [2.45, 2.75) is 12.8 Å². The lowest BCUT2D eigenvalue weighted by atomic mass is 10.1. The van der Waals surface area contributed by atoms with Crippen molar-refractivity contribution in [3.63, 3.8) is 0 Å².